The average Bonchev–Trinajstić information content (AvgIpc) is 2.95. The highest BCUT2D eigenvalue weighted by atomic mass is 35.5. The molecule has 1 aliphatic rings. The summed E-state index contributed by atoms with van der Waals surface area (Å²) in [5, 5.41) is 29.3. The Morgan fingerprint density at radius 1 is 1.30 bits per heavy atom. The van der Waals surface area contributed by atoms with Crippen LogP contribution in [0.15, 0.2) is 48.6 Å². The van der Waals surface area contributed by atoms with Crippen LogP contribution in [0, 0.1) is 11.8 Å². The number of aliphatic carboxylic acids is 1. The van der Waals surface area contributed by atoms with Gasteiger partial charge >= 0.3 is 5.97 Å². The molecule has 2 rings (SSSR count). The molecule has 3 N–H and O–H groups in total. The fraction of sp³-hybridized carbons (Fsp3) is 0.542. The van der Waals surface area contributed by atoms with Gasteiger partial charge in [0.2, 0.25) is 0 Å². The van der Waals surface area contributed by atoms with E-state index in [2.05, 4.69) is 0 Å². The van der Waals surface area contributed by atoms with Gasteiger partial charge in [0.25, 0.3) is 0 Å². The summed E-state index contributed by atoms with van der Waals surface area (Å²) in [7, 11) is 0. The molecule has 0 heterocycles. The van der Waals surface area contributed by atoms with Gasteiger partial charge in [-0.25, -0.2) is 0 Å². The summed E-state index contributed by atoms with van der Waals surface area (Å²) in [4.78, 5) is 10.5. The number of rotatable bonds is 12. The standard InChI is InChI=1S/C24H32ClFO4/c25-22-16-23(28)21(20(22)8-3-1-2-4-9-24(29)30)11-10-19(27)15-18-7-5-6-17(14-18)12-13-26/h1,3,5-7,10-11,14,19-23,27-28H,2,4,8-9,12-13,15-16H2,(H,29,30)/t19-,20-,21-,22-,23-/m1/s1. The van der Waals surface area contributed by atoms with Crippen molar-refractivity contribution in [1.82, 2.24) is 0 Å². The minimum absolute atomic E-state index is 0.0636. The van der Waals surface area contributed by atoms with Crippen molar-refractivity contribution >= 4 is 17.6 Å². The van der Waals surface area contributed by atoms with Crippen molar-refractivity contribution in [2.45, 2.75) is 62.5 Å². The summed E-state index contributed by atoms with van der Waals surface area (Å²) in [6.45, 7) is -0.402. The molecule has 4 nitrogen and oxygen atoms in total. The molecule has 1 aromatic rings. The second-order valence-corrected chi connectivity index (χ2v) is 8.53. The molecule has 5 atom stereocenters. The number of allylic oxidation sites excluding steroid dienone is 2. The van der Waals surface area contributed by atoms with E-state index in [9.17, 15) is 19.4 Å². The number of carbonyl (C=O) groups is 1. The quantitative estimate of drug-likeness (QED) is 0.256. The first kappa shape index (κ1) is 24.6. The smallest absolute Gasteiger partial charge is 0.303 e. The maximum atomic E-state index is 12.5. The van der Waals surface area contributed by atoms with Crippen molar-refractivity contribution in [3.05, 3.63) is 59.7 Å². The molecule has 1 aromatic carbocycles. The topological polar surface area (TPSA) is 77.8 Å². The SMILES string of the molecule is O=C(O)CCCC=CC[C@@H]1[C@@H](C=C[C@@H](O)Cc2cccc(CCF)c2)[C@H](O)C[C@H]1Cl. The fourth-order valence-electron chi connectivity index (χ4n) is 3.99. The Balaban J connectivity index is 1.89. The molecule has 0 amide bonds. The van der Waals surface area contributed by atoms with Crippen LogP contribution in [0.5, 0.6) is 0 Å². The van der Waals surface area contributed by atoms with E-state index in [-0.39, 0.29) is 23.6 Å². The summed E-state index contributed by atoms with van der Waals surface area (Å²) in [6, 6.07) is 7.57. The lowest BCUT2D eigenvalue weighted by atomic mass is 9.90. The molecule has 1 saturated carbocycles. The second kappa shape index (κ2) is 12.9. The van der Waals surface area contributed by atoms with Gasteiger partial charge in [-0.1, -0.05) is 48.6 Å². The van der Waals surface area contributed by atoms with Crippen LogP contribution in [0.3, 0.4) is 0 Å². The molecule has 30 heavy (non-hydrogen) atoms. The zero-order valence-electron chi connectivity index (χ0n) is 17.2. The largest absolute Gasteiger partial charge is 0.481 e. The monoisotopic (exact) mass is 438 g/mol. The molecule has 1 fully saturated rings. The predicted molar refractivity (Wildman–Crippen MR) is 117 cm³/mol. The van der Waals surface area contributed by atoms with E-state index in [4.69, 9.17) is 16.7 Å². The van der Waals surface area contributed by atoms with Gasteiger partial charge in [-0.05, 0) is 42.7 Å². The lowest BCUT2D eigenvalue weighted by molar-refractivity contribution is -0.137. The van der Waals surface area contributed by atoms with E-state index >= 15 is 0 Å². The Morgan fingerprint density at radius 3 is 2.80 bits per heavy atom. The first-order valence-electron chi connectivity index (χ1n) is 10.6. The maximum Gasteiger partial charge on any atom is 0.303 e. The minimum Gasteiger partial charge on any atom is -0.481 e. The number of aryl methyl sites for hydroxylation is 1. The number of aliphatic hydroxyl groups excluding tert-OH is 2. The molecular formula is C24H32ClFO4. The van der Waals surface area contributed by atoms with Crippen LogP contribution in [0.4, 0.5) is 4.39 Å². The van der Waals surface area contributed by atoms with Crippen molar-refractivity contribution in [3.8, 4) is 0 Å². The van der Waals surface area contributed by atoms with Gasteiger partial charge in [0.05, 0.1) is 18.9 Å². The number of benzene rings is 1. The average molecular weight is 439 g/mol. The van der Waals surface area contributed by atoms with Crippen LogP contribution in [-0.4, -0.2) is 45.5 Å². The molecule has 6 heteroatoms. The molecule has 166 valence electrons. The van der Waals surface area contributed by atoms with Crippen molar-refractivity contribution in [3.63, 3.8) is 0 Å². The molecule has 0 saturated heterocycles. The van der Waals surface area contributed by atoms with Crippen LogP contribution >= 0.6 is 11.6 Å². The summed E-state index contributed by atoms with van der Waals surface area (Å²) in [5.41, 5.74) is 1.86. The number of carboxylic acids is 1. The van der Waals surface area contributed by atoms with Crippen LogP contribution < -0.4 is 0 Å². The summed E-state index contributed by atoms with van der Waals surface area (Å²) < 4.78 is 12.5. The van der Waals surface area contributed by atoms with E-state index in [0.29, 0.717) is 38.5 Å². The first-order valence-corrected chi connectivity index (χ1v) is 11.0. The molecule has 0 spiro atoms. The molecule has 0 bridgehead atoms. The summed E-state index contributed by atoms with van der Waals surface area (Å²) >= 11 is 6.44. The third-order valence-corrected chi connectivity index (χ3v) is 6.08. The number of hydrogen-bond donors (Lipinski definition) is 3. The molecule has 0 aliphatic heterocycles. The van der Waals surface area contributed by atoms with Gasteiger partial charge in [-0.15, -0.1) is 11.6 Å². The highest BCUT2D eigenvalue weighted by molar-refractivity contribution is 6.21. The van der Waals surface area contributed by atoms with Gasteiger partial charge in [-0.2, -0.15) is 0 Å². The first-order chi connectivity index (χ1) is 14.4. The highest BCUT2D eigenvalue weighted by Gasteiger charge is 2.39. The Kier molecular flexibility index (Phi) is 10.6. The normalized spacial score (nSPS) is 25.3. The molecule has 0 unspecified atom stereocenters. The van der Waals surface area contributed by atoms with Crippen LogP contribution in [0.25, 0.3) is 0 Å². The number of aliphatic hydroxyl groups is 2. The van der Waals surface area contributed by atoms with E-state index in [1.807, 2.05) is 42.5 Å². The number of carboxylic acid groups (broad SMARTS) is 1. The Hall–Kier alpha value is -1.69. The Labute approximate surface area is 183 Å². The third-order valence-electron chi connectivity index (χ3n) is 5.58. The van der Waals surface area contributed by atoms with Crippen LogP contribution in [0.1, 0.15) is 43.2 Å². The van der Waals surface area contributed by atoms with E-state index in [1.54, 1.807) is 6.08 Å². The van der Waals surface area contributed by atoms with E-state index in [0.717, 1.165) is 11.1 Å². The van der Waals surface area contributed by atoms with Crippen molar-refractivity contribution in [2.75, 3.05) is 6.67 Å². The zero-order valence-corrected chi connectivity index (χ0v) is 17.9. The molecular weight excluding hydrogens is 407 g/mol. The van der Waals surface area contributed by atoms with Gasteiger partial charge < -0.3 is 15.3 Å². The van der Waals surface area contributed by atoms with Gasteiger partial charge in [0, 0.05) is 30.6 Å². The number of unbranched alkanes of at least 4 members (excludes halogenated alkanes) is 1. The maximum absolute atomic E-state index is 12.5. The summed E-state index contributed by atoms with van der Waals surface area (Å²) in [6.07, 6.45) is 9.79. The fourth-order valence-corrected chi connectivity index (χ4v) is 4.45. The molecule has 1 aliphatic carbocycles. The van der Waals surface area contributed by atoms with Crippen LogP contribution in [0.2, 0.25) is 0 Å². The molecule has 0 aromatic heterocycles. The van der Waals surface area contributed by atoms with E-state index in [1.165, 1.54) is 0 Å². The highest BCUT2D eigenvalue weighted by Crippen LogP contribution is 2.39. The van der Waals surface area contributed by atoms with Gasteiger partial charge in [0.1, 0.15) is 0 Å². The van der Waals surface area contributed by atoms with Gasteiger partial charge in [0.15, 0.2) is 0 Å². The lowest BCUT2D eigenvalue weighted by Gasteiger charge is -2.19. The predicted octanol–water partition coefficient (Wildman–Crippen LogP) is 4.46. The Morgan fingerprint density at radius 2 is 2.07 bits per heavy atom. The molecule has 0 radical (unpaired) electrons. The van der Waals surface area contributed by atoms with Crippen molar-refractivity contribution in [1.29, 1.82) is 0 Å². The Bertz CT molecular complexity index is 721. The number of halogens is 2. The third kappa shape index (κ3) is 8.21. The minimum atomic E-state index is -0.791. The second-order valence-electron chi connectivity index (χ2n) is 7.97. The van der Waals surface area contributed by atoms with Gasteiger partial charge in [-0.3, -0.25) is 9.18 Å². The zero-order chi connectivity index (χ0) is 21.9. The van der Waals surface area contributed by atoms with Crippen LogP contribution in [-0.2, 0) is 17.6 Å². The lowest BCUT2D eigenvalue weighted by Crippen LogP contribution is -2.19. The van der Waals surface area contributed by atoms with Crippen molar-refractivity contribution in [2.24, 2.45) is 11.8 Å². The van der Waals surface area contributed by atoms with Crippen molar-refractivity contribution < 1.29 is 24.5 Å². The summed E-state index contributed by atoms with van der Waals surface area (Å²) in [5.74, 6) is -0.863. The number of hydrogen-bond acceptors (Lipinski definition) is 3. The van der Waals surface area contributed by atoms with E-state index < -0.39 is 24.9 Å². The number of alkyl halides is 2.